The molecule has 4 rings (SSSR count). The summed E-state index contributed by atoms with van der Waals surface area (Å²) in [5.41, 5.74) is 9.13. The van der Waals surface area contributed by atoms with Crippen LogP contribution in [0.1, 0.15) is 24.0 Å². The predicted octanol–water partition coefficient (Wildman–Crippen LogP) is 3.64. The molecule has 0 saturated carbocycles. The number of ether oxygens (including phenoxy) is 1. The number of likely N-dealkylation sites (tertiary alicyclic amines) is 1. The normalized spacial score (nSPS) is 18.0. The van der Waals surface area contributed by atoms with Crippen molar-refractivity contribution in [3.05, 3.63) is 84.2 Å². The Bertz CT molecular complexity index is 1110. The number of carbonyl (C=O) groups is 2. The molecular formula is C27H29N3O3. The standard InChI is InChI=1S/C27H29N3O3/c1-33-24-8-3-2-6-22(24)16-25(31)30-15-5-13-27(19-30,26(28)32)17-20-9-11-21(12-10-20)23-7-4-14-29-18-23/h2-4,6-12,14,18H,5,13,15-17,19H2,1H3,(H2,28,32)/t27-/m1/s1. The highest BCUT2D eigenvalue weighted by Crippen LogP contribution is 2.35. The molecule has 1 atom stereocenters. The zero-order valence-corrected chi connectivity index (χ0v) is 18.9. The first-order valence-corrected chi connectivity index (χ1v) is 11.2. The molecule has 0 spiro atoms. The van der Waals surface area contributed by atoms with E-state index in [1.165, 1.54) is 0 Å². The number of pyridine rings is 1. The third-order valence-corrected chi connectivity index (χ3v) is 6.48. The molecule has 2 amide bonds. The monoisotopic (exact) mass is 443 g/mol. The number of rotatable bonds is 7. The minimum atomic E-state index is -0.773. The van der Waals surface area contributed by atoms with E-state index in [0.717, 1.165) is 28.7 Å². The van der Waals surface area contributed by atoms with Crippen LogP contribution in [0.25, 0.3) is 11.1 Å². The lowest BCUT2D eigenvalue weighted by molar-refractivity contribution is -0.139. The number of primary amides is 1. The van der Waals surface area contributed by atoms with Crippen LogP contribution in [0.4, 0.5) is 0 Å². The van der Waals surface area contributed by atoms with Gasteiger partial charge < -0.3 is 15.4 Å². The lowest BCUT2D eigenvalue weighted by Gasteiger charge is -2.41. The van der Waals surface area contributed by atoms with E-state index < -0.39 is 5.41 Å². The molecule has 170 valence electrons. The molecule has 1 aromatic heterocycles. The molecule has 2 N–H and O–H groups in total. The number of aromatic nitrogens is 1. The number of methoxy groups -OCH3 is 1. The lowest BCUT2D eigenvalue weighted by Crippen LogP contribution is -2.53. The van der Waals surface area contributed by atoms with E-state index in [1.54, 1.807) is 18.2 Å². The molecule has 1 aliphatic rings. The smallest absolute Gasteiger partial charge is 0.227 e. The van der Waals surface area contributed by atoms with Crippen LogP contribution >= 0.6 is 0 Å². The van der Waals surface area contributed by atoms with Crippen LogP contribution in [0.3, 0.4) is 0 Å². The fourth-order valence-corrected chi connectivity index (χ4v) is 4.64. The fourth-order valence-electron chi connectivity index (χ4n) is 4.64. The molecule has 2 heterocycles. The number of para-hydroxylation sites is 1. The maximum atomic E-state index is 13.1. The van der Waals surface area contributed by atoms with Crippen LogP contribution in [-0.2, 0) is 22.4 Å². The van der Waals surface area contributed by atoms with Crippen molar-refractivity contribution >= 4 is 11.8 Å². The first kappa shape index (κ1) is 22.5. The molecule has 0 unspecified atom stereocenters. The van der Waals surface area contributed by atoms with E-state index in [4.69, 9.17) is 10.5 Å². The van der Waals surface area contributed by atoms with Gasteiger partial charge in [0.25, 0.3) is 0 Å². The summed E-state index contributed by atoms with van der Waals surface area (Å²) < 4.78 is 5.38. The van der Waals surface area contributed by atoms with Gasteiger partial charge in [-0.15, -0.1) is 0 Å². The Labute approximate surface area is 194 Å². The quantitative estimate of drug-likeness (QED) is 0.604. The molecule has 0 aliphatic carbocycles. The van der Waals surface area contributed by atoms with E-state index in [9.17, 15) is 9.59 Å². The minimum Gasteiger partial charge on any atom is -0.496 e. The van der Waals surface area contributed by atoms with Gasteiger partial charge in [0.15, 0.2) is 0 Å². The number of piperidine rings is 1. The van der Waals surface area contributed by atoms with Gasteiger partial charge in [-0.2, -0.15) is 0 Å². The van der Waals surface area contributed by atoms with Gasteiger partial charge in [0.05, 0.1) is 18.9 Å². The number of hydrogen-bond acceptors (Lipinski definition) is 4. The minimum absolute atomic E-state index is 0.0169. The molecule has 1 saturated heterocycles. The molecule has 6 nitrogen and oxygen atoms in total. The van der Waals surface area contributed by atoms with Crippen molar-refractivity contribution < 1.29 is 14.3 Å². The summed E-state index contributed by atoms with van der Waals surface area (Å²) in [5, 5.41) is 0. The lowest BCUT2D eigenvalue weighted by atomic mass is 9.74. The second-order valence-electron chi connectivity index (χ2n) is 8.67. The Morgan fingerprint density at radius 3 is 2.55 bits per heavy atom. The number of carbonyl (C=O) groups excluding carboxylic acids is 2. The summed E-state index contributed by atoms with van der Waals surface area (Å²) >= 11 is 0. The Morgan fingerprint density at radius 2 is 1.85 bits per heavy atom. The van der Waals surface area contributed by atoms with Crippen molar-refractivity contribution in [2.24, 2.45) is 11.1 Å². The van der Waals surface area contributed by atoms with E-state index >= 15 is 0 Å². The Balaban J connectivity index is 1.50. The average molecular weight is 444 g/mol. The number of nitrogens with zero attached hydrogens (tertiary/aromatic N) is 2. The van der Waals surface area contributed by atoms with Crippen molar-refractivity contribution in [1.29, 1.82) is 0 Å². The highest BCUT2D eigenvalue weighted by Gasteiger charge is 2.42. The zero-order chi connectivity index (χ0) is 23.3. The van der Waals surface area contributed by atoms with E-state index in [2.05, 4.69) is 4.98 Å². The van der Waals surface area contributed by atoms with Crippen molar-refractivity contribution in [3.8, 4) is 16.9 Å². The third kappa shape index (κ3) is 5.06. The highest BCUT2D eigenvalue weighted by atomic mass is 16.5. The Hall–Kier alpha value is -3.67. The summed E-state index contributed by atoms with van der Waals surface area (Å²) in [6, 6.07) is 19.6. The van der Waals surface area contributed by atoms with Crippen molar-refractivity contribution in [2.45, 2.75) is 25.7 Å². The number of nitrogens with two attached hydrogens (primary N) is 1. The van der Waals surface area contributed by atoms with E-state index in [0.29, 0.717) is 31.7 Å². The van der Waals surface area contributed by atoms with Crippen LogP contribution in [0.15, 0.2) is 73.1 Å². The molecule has 0 bridgehead atoms. The van der Waals surface area contributed by atoms with Gasteiger partial charge in [0.2, 0.25) is 11.8 Å². The topological polar surface area (TPSA) is 85.5 Å². The molecule has 0 radical (unpaired) electrons. The highest BCUT2D eigenvalue weighted by molar-refractivity contribution is 5.84. The Kier molecular flexibility index (Phi) is 6.73. The average Bonchev–Trinajstić information content (AvgIpc) is 2.85. The number of amides is 2. The molecule has 33 heavy (non-hydrogen) atoms. The van der Waals surface area contributed by atoms with Gasteiger partial charge >= 0.3 is 0 Å². The second-order valence-corrected chi connectivity index (χ2v) is 8.67. The van der Waals surface area contributed by atoms with Gasteiger partial charge in [0.1, 0.15) is 5.75 Å². The van der Waals surface area contributed by atoms with Crippen molar-refractivity contribution in [2.75, 3.05) is 20.2 Å². The van der Waals surface area contributed by atoms with Crippen LogP contribution < -0.4 is 10.5 Å². The SMILES string of the molecule is COc1ccccc1CC(=O)N1CCC[C@](Cc2ccc(-c3cccnc3)cc2)(C(N)=O)C1. The summed E-state index contributed by atoms with van der Waals surface area (Å²) in [4.78, 5) is 31.7. The maximum absolute atomic E-state index is 13.1. The van der Waals surface area contributed by atoms with Crippen LogP contribution in [-0.4, -0.2) is 41.9 Å². The predicted molar refractivity (Wildman–Crippen MR) is 128 cm³/mol. The number of hydrogen-bond donors (Lipinski definition) is 1. The zero-order valence-electron chi connectivity index (χ0n) is 18.9. The summed E-state index contributed by atoms with van der Waals surface area (Å²) in [6.45, 7) is 0.962. The van der Waals surface area contributed by atoms with Crippen LogP contribution in [0, 0.1) is 5.41 Å². The van der Waals surface area contributed by atoms with E-state index in [-0.39, 0.29) is 18.2 Å². The Morgan fingerprint density at radius 1 is 1.06 bits per heavy atom. The van der Waals surface area contributed by atoms with Crippen molar-refractivity contribution in [3.63, 3.8) is 0 Å². The molecule has 1 fully saturated rings. The molecule has 2 aromatic carbocycles. The number of benzene rings is 2. The summed E-state index contributed by atoms with van der Waals surface area (Å²) in [7, 11) is 1.60. The van der Waals surface area contributed by atoms with Gasteiger partial charge in [-0.3, -0.25) is 14.6 Å². The fraction of sp³-hybridized carbons (Fsp3) is 0.296. The van der Waals surface area contributed by atoms with Gasteiger partial charge in [0, 0.05) is 31.0 Å². The first-order chi connectivity index (χ1) is 16.0. The molecular weight excluding hydrogens is 414 g/mol. The van der Waals surface area contributed by atoms with Crippen molar-refractivity contribution in [1.82, 2.24) is 9.88 Å². The summed E-state index contributed by atoms with van der Waals surface area (Å²) in [6.07, 6.45) is 5.73. The first-order valence-electron chi connectivity index (χ1n) is 11.2. The van der Waals surface area contributed by atoms with Gasteiger partial charge in [-0.05, 0) is 48.1 Å². The second kappa shape index (κ2) is 9.86. The molecule has 6 heteroatoms. The largest absolute Gasteiger partial charge is 0.496 e. The van der Waals surface area contributed by atoms with Gasteiger partial charge in [-0.1, -0.05) is 48.5 Å². The van der Waals surface area contributed by atoms with E-state index in [1.807, 2.05) is 66.9 Å². The van der Waals surface area contributed by atoms with Crippen LogP contribution in [0.2, 0.25) is 0 Å². The molecule has 3 aromatic rings. The third-order valence-electron chi connectivity index (χ3n) is 6.48. The summed E-state index contributed by atoms with van der Waals surface area (Å²) in [5.74, 6) is 0.322. The maximum Gasteiger partial charge on any atom is 0.227 e. The van der Waals surface area contributed by atoms with Crippen LogP contribution in [0.5, 0.6) is 5.75 Å². The van der Waals surface area contributed by atoms with Gasteiger partial charge in [-0.25, -0.2) is 0 Å². The molecule has 1 aliphatic heterocycles.